The molecule has 98 valence electrons. The Balaban J connectivity index is 1.87. The molecule has 0 saturated heterocycles. The molecular formula is C17H17ClO. The fourth-order valence-corrected chi connectivity index (χ4v) is 2.97. The maximum absolute atomic E-state index is 5.95. The Morgan fingerprint density at radius 2 is 1.32 bits per heavy atom. The van der Waals surface area contributed by atoms with Crippen LogP contribution in [0, 0.1) is 6.92 Å². The minimum atomic E-state index is 0.281. The lowest BCUT2D eigenvalue weighted by Crippen LogP contribution is -1.91. The average molecular weight is 273 g/mol. The van der Waals surface area contributed by atoms with Crippen molar-refractivity contribution in [3.63, 3.8) is 0 Å². The second-order valence-electron chi connectivity index (χ2n) is 5.21. The molecule has 0 heterocycles. The Kier molecular flexibility index (Phi) is 3.34. The molecular weight excluding hydrogens is 256 g/mol. The molecule has 0 N–H and O–H groups in total. The first-order valence-electron chi connectivity index (χ1n) is 6.55. The summed E-state index contributed by atoms with van der Waals surface area (Å²) in [6, 6.07) is 16.9. The van der Waals surface area contributed by atoms with Gasteiger partial charge in [0, 0.05) is 24.0 Å². The van der Waals surface area contributed by atoms with Gasteiger partial charge in [0.2, 0.25) is 0 Å². The Morgan fingerprint density at radius 1 is 0.842 bits per heavy atom. The summed E-state index contributed by atoms with van der Waals surface area (Å²) >= 11 is 5.95. The number of rotatable bonds is 3. The molecule has 0 amide bonds. The van der Waals surface area contributed by atoms with E-state index in [4.69, 9.17) is 16.3 Å². The molecule has 19 heavy (non-hydrogen) atoms. The van der Waals surface area contributed by atoms with Gasteiger partial charge in [-0.15, -0.1) is 0 Å². The van der Waals surface area contributed by atoms with E-state index in [1.165, 1.54) is 16.7 Å². The van der Waals surface area contributed by atoms with Gasteiger partial charge in [-0.2, -0.15) is 0 Å². The number of aryl methyl sites for hydroxylation is 1. The van der Waals surface area contributed by atoms with E-state index >= 15 is 0 Å². The molecule has 1 saturated carbocycles. The molecule has 3 atom stereocenters. The van der Waals surface area contributed by atoms with Crippen LogP contribution in [-0.2, 0) is 4.74 Å². The van der Waals surface area contributed by atoms with Crippen LogP contribution in [0.3, 0.4) is 0 Å². The lowest BCUT2D eigenvalue weighted by atomic mass is 10.0. The lowest BCUT2D eigenvalue weighted by molar-refractivity contribution is 0.173. The highest BCUT2D eigenvalue weighted by molar-refractivity contribution is 6.30. The van der Waals surface area contributed by atoms with E-state index < -0.39 is 0 Å². The zero-order valence-electron chi connectivity index (χ0n) is 11.1. The standard InChI is InChI=1S/C17H17ClO/c1-11-3-5-12(6-4-11)15-16(17(15)19-2)13-7-9-14(18)10-8-13/h3-10,15-17H,1-2H3. The van der Waals surface area contributed by atoms with Gasteiger partial charge < -0.3 is 4.74 Å². The summed E-state index contributed by atoms with van der Waals surface area (Å²) < 4.78 is 5.62. The summed E-state index contributed by atoms with van der Waals surface area (Å²) in [7, 11) is 1.79. The van der Waals surface area contributed by atoms with Crippen LogP contribution in [0.1, 0.15) is 28.5 Å². The molecule has 0 radical (unpaired) electrons. The predicted molar refractivity (Wildman–Crippen MR) is 78.9 cm³/mol. The number of hydrogen-bond acceptors (Lipinski definition) is 1. The molecule has 2 aromatic rings. The zero-order valence-corrected chi connectivity index (χ0v) is 11.9. The third-order valence-corrected chi connectivity index (χ3v) is 4.20. The van der Waals surface area contributed by atoms with Crippen molar-refractivity contribution in [2.24, 2.45) is 0 Å². The SMILES string of the molecule is COC1C(c2ccc(C)cc2)C1c1ccc(Cl)cc1. The zero-order chi connectivity index (χ0) is 13.4. The monoisotopic (exact) mass is 272 g/mol. The van der Waals surface area contributed by atoms with E-state index in [1.54, 1.807) is 7.11 Å². The van der Waals surface area contributed by atoms with Gasteiger partial charge in [0.15, 0.2) is 0 Å². The van der Waals surface area contributed by atoms with Crippen LogP contribution in [0.15, 0.2) is 48.5 Å². The Labute approximate surface area is 119 Å². The van der Waals surface area contributed by atoms with Crippen molar-refractivity contribution in [1.29, 1.82) is 0 Å². The van der Waals surface area contributed by atoms with Gasteiger partial charge in [-0.25, -0.2) is 0 Å². The minimum absolute atomic E-state index is 0.281. The first kappa shape index (κ1) is 12.7. The summed E-state index contributed by atoms with van der Waals surface area (Å²) in [5.74, 6) is 0.914. The second kappa shape index (κ2) is 4.99. The third-order valence-electron chi connectivity index (χ3n) is 3.94. The molecule has 1 aliphatic carbocycles. The van der Waals surface area contributed by atoms with Crippen molar-refractivity contribution in [2.75, 3.05) is 7.11 Å². The highest BCUT2D eigenvalue weighted by Crippen LogP contribution is 2.56. The molecule has 1 aliphatic rings. The van der Waals surface area contributed by atoms with Gasteiger partial charge in [-0.3, -0.25) is 0 Å². The fourth-order valence-electron chi connectivity index (χ4n) is 2.84. The summed E-state index contributed by atoms with van der Waals surface area (Å²) in [6.45, 7) is 2.11. The molecule has 0 bridgehead atoms. The molecule has 3 unspecified atom stereocenters. The maximum atomic E-state index is 5.95. The number of benzene rings is 2. The quantitative estimate of drug-likeness (QED) is 0.797. The summed E-state index contributed by atoms with van der Waals surface area (Å²) in [5.41, 5.74) is 3.96. The van der Waals surface area contributed by atoms with E-state index in [0.29, 0.717) is 11.8 Å². The van der Waals surface area contributed by atoms with Crippen LogP contribution in [0.25, 0.3) is 0 Å². The Hall–Kier alpha value is -1.31. The van der Waals surface area contributed by atoms with Gasteiger partial charge in [0.05, 0.1) is 6.10 Å². The number of methoxy groups -OCH3 is 1. The fraction of sp³-hybridized carbons (Fsp3) is 0.294. The smallest absolute Gasteiger partial charge is 0.0721 e. The van der Waals surface area contributed by atoms with Crippen molar-refractivity contribution in [1.82, 2.24) is 0 Å². The van der Waals surface area contributed by atoms with Gasteiger partial charge in [0.1, 0.15) is 0 Å². The summed E-state index contributed by atoms with van der Waals surface area (Å²) in [6.07, 6.45) is 0.281. The maximum Gasteiger partial charge on any atom is 0.0721 e. The van der Waals surface area contributed by atoms with Crippen LogP contribution in [0.4, 0.5) is 0 Å². The van der Waals surface area contributed by atoms with Gasteiger partial charge in [-0.1, -0.05) is 53.6 Å². The highest BCUT2D eigenvalue weighted by atomic mass is 35.5. The second-order valence-corrected chi connectivity index (χ2v) is 5.65. The van der Waals surface area contributed by atoms with Crippen molar-refractivity contribution in [2.45, 2.75) is 24.9 Å². The van der Waals surface area contributed by atoms with Crippen LogP contribution < -0.4 is 0 Å². The highest BCUT2D eigenvalue weighted by Gasteiger charge is 2.52. The van der Waals surface area contributed by atoms with E-state index in [-0.39, 0.29) is 6.10 Å². The minimum Gasteiger partial charge on any atom is -0.380 e. The molecule has 1 nitrogen and oxygen atoms in total. The van der Waals surface area contributed by atoms with Gasteiger partial charge >= 0.3 is 0 Å². The van der Waals surface area contributed by atoms with Crippen molar-refractivity contribution in [3.8, 4) is 0 Å². The molecule has 0 aliphatic heterocycles. The first-order chi connectivity index (χ1) is 9.20. The summed E-state index contributed by atoms with van der Waals surface area (Å²) in [4.78, 5) is 0. The normalized spacial score (nSPS) is 25.3. The molecule has 0 aromatic heterocycles. The van der Waals surface area contributed by atoms with Crippen molar-refractivity contribution < 1.29 is 4.74 Å². The molecule has 3 rings (SSSR count). The molecule has 1 fully saturated rings. The number of halogens is 1. The lowest BCUT2D eigenvalue weighted by Gasteiger charge is -2.01. The van der Waals surface area contributed by atoms with E-state index in [0.717, 1.165) is 5.02 Å². The molecule has 2 heteroatoms. The van der Waals surface area contributed by atoms with Crippen LogP contribution in [0.2, 0.25) is 5.02 Å². The van der Waals surface area contributed by atoms with Crippen LogP contribution in [-0.4, -0.2) is 13.2 Å². The predicted octanol–water partition coefficient (Wildman–Crippen LogP) is 4.54. The van der Waals surface area contributed by atoms with Crippen LogP contribution in [0.5, 0.6) is 0 Å². The largest absolute Gasteiger partial charge is 0.380 e. The van der Waals surface area contributed by atoms with E-state index in [9.17, 15) is 0 Å². The number of ether oxygens (including phenoxy) is 1. The topological polar surface area (TPSA) is 9.23 Å². The van der Waals surface area contributed by atoms with E-state index in [1.807, 2.05) is 12.1 Å². The van der Waals surface area contributed by atoms with E-state index in [2.05, 4.69) is 43.3 Å². The Morgan fingerprint density at radius 3 is 1.79 bits per heavy atom. The van der Waals surface area contributed by atoms with Gasteiger partial charge in [-0.05, 0) is 30.2 Å². The van der Waals surface area contributed by atoms with Gasteiger partial charge in [0.25, 0.3) is 0 Å². The van der Waals surface area contributed by atoms with Crippen molar-refractivity contribution >= 4 is 11.6 Å². The molecule has 2 aromatic carbocycles. The third kappa shape index (κ3) is 2.41. The first-order valence-corrected chi connectivity index (χ1v) is 6.93. The average Bonchev–Trinajstić information content (AvgIpc) is 3.15. The summed E-state index contributed by atoms with van der Waals surface area (Å²) in [5, 5.41) is 0.783. The van der Waals surface area contributed by atoms with Crippen LogP contribution >= 0.6 is 11.6 Å². The number of hydrogen-bond donors (Lipinski definition) is 0. The Bertz CT molecular complexity index is 507. The van der Waals surface area contributed by atoms with Crippen molar-refractivity contribution in [3.05, 3.63) is 70.2 Å². The molecule has 0 spiro atoms.